The Morgan fingerprint density at radius 3 is 2.66 bits per heavy atom. The normalized spacial score (nSPS) is 15.6. The van der Waals surface area contributed by atoms with Crippen LogP contribution in [0.5, 0.6) is 0 Å². The Labute approximate surface area is 168 Å². The van der Waals surface area contributed by atoms with Crippen LogP contribution in [0.1, 0.15) is 36.3 Å². The van der Waals surface area contributed by atoms with E-state index in [2.05, 4.69) is 20.5 Å². The number of fused-ring (bicyclic) bond motifs is 1. The van der Waals surface area contributed by atoms with Crippen molar-refractivity contribution in [2.45, 2.75) is 37.6 Å². The third-order valence-electron chi connectivity index (χ3n) is 4.68. The van der Waals surface area contributed by atoms with E-state index in [1.807, 2.05) is 0 Å². The van der Waals surface area contributed by atoms with E-state index >= 15 is 0 Å². The highest BCUT2D eigenvalue weighted by Crippen LogP contribution is 2.45. The first-order valence-corrected chi connectivity index (χ1v) is 9.87. The summed E-state index contributed by atoms with van der Waals surface area (Å²) in [6.45, 7) is 0.377. The van der Waals surface area contributed by atoms with Crippen LogP contribution in [0.15, 0.2) is 18.2 Å². The Hall–Kier alpha value is -2.50. The SMILES string of the molecule is Nc1cc(-c2nnc(NCCC(N)O)s2)nc2c(C(F)(F)F)cc(C3CC3)cc12. The van der Waals surface area contributed by atoms with Crippen molar-refractivity contribution in [2.75, 3.05) is 17.6 Å². The van der Waals surface area contributed by atoms with Crippen LogP contribution in [-0.4, -0.2) is 33.1 Å². The van der Waals surface area contributed by atoms with Crippen LogP contribution in [0.3, 0.4) is 0 Å². The van der Waals surface area contributed by atoms with Crippen molar-refractivity contribution in [3.05, 3.63) is 29.3 Å². The van der Waals surface area contributed by atoms with Crippen LogP contribution in [0, 0.1) is 0 Å². The maximum atomic E-state index is 13.7. The van der Waals surface area contributed by atoms with Gasteiger partial charge in [-0.1, -0.05) is 11.3 Å². The molecular weight excluding hydrogens is 405 g/mol. The lowest BCUT2D eigenvalue weighted by atomic mass is 10.0. The summed E-state index contributed by atoms with van der Waals surface area (Å²) in [5.74, 6) is 0.156. The smallest absolute Gasteiger partial charge is 0.398 e. The van der Waals surface area contributed by atoms with Crippen molar-refractivity contribution in [1.29, 1.82) is 0 Å². The van der Waals surface area contributed by atoms with Gasteiger partial charge in [-0.25, -0.2) is 4.98 Å². The van der Waals surface area contributed by atoms with Gasteiger partial charge in [0.2, 0.25) is 5.13 Å². The monoisotopic (exact) mass is 424 g/mol. The number of nitrogens with one attached hydrogen (secondary N) is 1. The van der Waals surface area contributed by atoms with Gasteiger partial charge in [-0.3, -0.25) is 0 Å². The lowest BCUT2D eigenvalue weighted by Gasteiger charge is -2.14. The molecule has 29 heavy (non-hydrogen) atoms. The fourth-order valence-corrected chi connectivity index (χ4v) is 3.81. The second kappa shape index (κ2) is 7.39. The Balaban J connectivity index is 1.73. The number of hydrogen-bond donors (Lipinski definition) is 4. The summed E-state index contributed by atoms with van der Waals surface area (Å²) in [6.07, 6.45) is -3.41. The highest BCUT2D eigenvalue weighted by Gasteiger charge is 2.36. The number of alkyl halides is 3. The molecule has 1 atom stereocenters. The molecule has 11 heteroatoms. The molecule has 1 saturated carbocycles. The minimum atomic E-state index is -4.54. The topological polar surface area (TPSA) is 123 Å². The van der Waals surface area contributed by atoms with Crippen LogP contribution >= 0.6 is 11.3 Å². The van der Waals surface area contributed by atoms with Gasteiger partial charge in [-0.15, -0.1) is 10.2 Å². The maximum absolute atomic E-state index is 13.7. The highest BCUT2D eigenvalue weighted by atomic mass is 32.1. The predicted molar refractivity (Wildman–Crippen MR) is 105 cm³/mol. The number of benzene rings is 1. The van der Waals surface area contributed by atoms with Gasteiger partial charge in [0, 0.05) is 24.0 Å². The third-order valence-corrected chi connectivity index (χ3v) is 5.59. The third kappa shape index (κ3) is 4.26. The lowest BCUT2D eigenvalue weighted by molar-refractivity contribution is -0.136. The van der Waals surface area contributed by atoms with E-state index in [0.717, 1.165) is 24.2 Å². The van der Waals surface area contributed by atoms with E-state index in [1.165, 1.54) is 12.1 Å². The first-order valence-electron chi connectivity index (χ1n) is 9.05. The van der Waals surface area contributed by atoms with Crippen molar-refractivity contribution in [3.63, 3.8) is 0 Å². The molecule has 1 fully saturated rings. The molecule has 0 radical (unpaired) electrons. The van der Waals surface area contributed by atoms with E-state index in [-0.39, 0.29) is 22.8 Å². The van der Waals surface area contributed by atoms with E-state index in [1.54, 1.807) is 6.07 Å². The summed E-state index contributed by atoms with van der Waals surface area (Å²) in [5, 5.41) is 21.1. The molecule has 4 rings (SSSR count). The Morgan fingerprint density at radius 1 is 1.24 bits per heavy atom. The van der Waals surface area contributed by atoms with Crippen LogP contribution in [-0.2, 0) is 6.18 Å². The molecule has 0 saturated heterocycles. The van der Waals surface area contributed by atoms with Crippen molar-refractivity contribution in [1.82, 2.24) is 15.2 Å². The molecule has 1 unspecified atom stereocenters. The number of nitrogen functional groups attached to an aromatic ring is 1. The van der Waals surface area contributed by atoms with Gasteiger partial charge in [-0.2, -0.15) is 13.2 Å². The molecule has 3 aromatic rings. The zero-order valence-electron chi connectivity index (χ0n) is 15.2. The van der Waals surface area contributed by atoms with Crippen molar-refractivity contribution in [3.8, 4) is 10.7 Å². The number of nitrogens with zero attached hydrogens (tertiary/aromatic N) is 3. The van der Waals surface area contributed by atoms with Crippen molar-refractivity contribution >= 4 is 33.1 Å². The standard InChI is InChI=1S/C18H19F3N6OS/c19-18(20,21)11-6-9(8-1-2-8)5-10-12(22)7-13(25-15(10)11)16-26-27-17(29-16)24-4-3-14(23)28/h5-8,14,28H,1-4,23H2,(H2,22,25)(H,24,27). The van der Waals surface area contributed by atoms with Gasteiger partial charge in [0.15, 0.2) is 5.01 Å². The van der Waals surface area contributed by atoms with E-state index < -0.39 is 18.0 Å². The number of halogens is 3. The second-order valence-electron chi connectivity index (χ2n) is 7.03. The number of aromatic nitrogens is 3. The van der Waals surface area contributed by atoms with E-state index in [0.29, 0.717) is 34.1 Å². The van der Waals surface area contributed by atoms with Crippen molar-refractivity contribution in [2.24, 2.45) is 5.73 Å². The van der Waals surface area contributed by atoms with Crippen molar-refractivity contribution < 1.29 is 18.3 Å². The Kier molecular flexibility index (Phi) is 5.05. The van der Waals surface area contributed by atoms with E-state index in [4.69, 9.17) is 16.6 Å². The molecule has 1 aliphatic rings. The number of anilines is 2. The number of rotatable bonds is 6. The van der Waals surface area contributed by atoms with Gasteiger partial charge in [0.25, 0.3) is 0 Å². The molecule has 1 aromatic carbocycles. The number of hydrogen-bond acceptors (Lipinski definition) is 8. The zero-order chi connectivity index (χ0) is 20.8. The van der Waals surface area contributed by atoms with Crippen LogP contribution in [0.2, 0.25) is 0 Å². The van der Waals surface area contributed by atoms with Crippen LogP contribution in [0.25, 0.3) is 21.6 Å². The van der Waals surface area contributed by atoms with Crippen LogP contribution in [0.4, 0.5) is 24.0 Å². The number of nitrogens with two attached hydrogens (primary N) is 2. The fraction of sp³-hybridized carbons (Fsp3) is 0.389. The second-order valence-corrected chi connectivity index (χ2v) is 8.01. The minimum Gasteiger partial charge on any atom is -0.398 e. The molecule has 0 spiro atoms. The summed E-state index contributed by atoms with van der Waals surface area (Å²) >= 11 is 1.13. The summed E-state index contributed by atoms with van der Waals surface area (Å²) in [7, 11) is 0. The molecule has 2 aromatic heterocycles. The number of aliphatic hydroxyl groups excluding tert-OH is 1. The van der Waals surface area contributed by atoms with Gasteiger partial charge >= 0.3 is 6.18 Å². The molecule has 6 N–H and O–H groups in total. The van der Waals surface area contributed by atoms with E-state index in [9.17, 15) is 13.2 Å². The predicted octanol–water partition coefficient (Wildman–Crippen LogP) is 3.31. The van der Waals surface area contributed by atoms with Gasteiger partial charge < -0.3 is 21.9 Å². The highest BCUT2D eigenvalue weighted by molar-refractivity contribution is 7.18. The lowest BCUT2D eigenvalue weighted by Crippen LogP contribution is -2.22. The molecule has 154 valence electrons. The van der Waals surface area contributed by atoms with Gasteiger partial charge in [0.05, 0.1) is 11.1 Å². The molecular formula is C18H19F3N6OS. The molecule has 0 bridgehead atoms. The molecule has 2 heterocycles. The number of aliphatic hydroxyl groups is 1. The number of pyridine rings is 1. The first-order chi connectivity index (χ1) is 13.7. The molecule has 1 aliphatic carbocycles. The summed E-state index contributed by atoms with van der Waals surface area (Å²) in [6, 6.07) is 4.41. The molecule has 7 nitrogen and oxygen atoms in total. The maximum Gasteiger partial charge on any atom is 0.418 e. The quantitative estimate of drug-likeness (QED) is 0.448. The minimum absolute atomic E-state index is 0.156. The molecule has 0 amide bonds. The Bertz CT molecular complexity index is 1050. The summed E-state index contributed by atoms with van der Waals surface area (Å²) in [4.78, 5) is 4.24. The summed E-state index contributed by atoms with van der Waals surface area (Å²) in [5.41, 5.74) is 11.5. The average molecular weight is 424 g/mol. The largest absolute Gasteiger partial charge is 0.418 e. The Morgan fingerprint density at radius 2 is 2.00 bits per heavy atom. The molecule has 0 aliphatic heterocycles. The van der Waals surface area contributed by atoms with Gasteiger partial charge in [-0.05, 0) is 42.5 Å². The summed E-state index contributed by atoms with van der Waals surface area (Å²) < 4.78 is 41.1. The zero-order valence-corrected chi connectivity index (χ0v) is 16.0. The van der Waals surface area contributed by atoms with Crippen LogP contribution < -0.4 is 16.8 Å². The van der Waals surface area contributed by atoms with Gasteiger partial charge in [0.1, 0.15) is 11.9 Å². The average Bonchev–Trinajstić information content (AvgIpc) is 3.38. The fourth-order valence-electron chi connectivity index (χ4n) is 3.08. The first kappa shape index (κ1) is 19.8.